The van der Waals surface area contributed by atoms with Gasteiger partial charge in [0.05, 0.1) is 0 Å². The summed E-state index contributed by atoms with van der Waals surface area (Å²) in [4.78, 5) is 9.60. The van der Waals surface area contributed by atoms with E-state index in [2.05, 4.69) is 70.2 Å². The largest absolute Gasteiger partial charge is 0.369 e. The lowest BCUT2D eigenvalue weighted by molar-refractivity contribution is 0.260. The van der Waals surface area contributed by atoms with Crippen molar-refractivity contribution in [1.29, 1.82) is 0 Å². The predicted molar refractivity (Wildman–Crippen MR) is 87.8 cm³/mol. The molecular formula is C18H23N3. The van der Waals surface area contributed by atoms with Crippen LogP contribution < -0.4 is 4.90 Å². The number of pyridine rings is 1. The second-order valence-electron chi connectivity index (χ2n) is 5.68. The van der Waals surface area contributed by atoms with Crippen molar-refractivity contribution in [3.8, 4) is 0 Å². The highest BCUT2D eigenvalue weighted by molar-refractivity contribution is 5.46. The topological polar surface area (TPSA) is 19.4 Å². The average molecular weight is 281 g/mol. The number of benzene rings is 1. The predicted octanol–water partition coefficient (Wildman–Crippen LogP) is 2.75. The van der Waals surface area contributed by atoms with Crippen LogP contribution in [0.3, 0.4) is 0 Å². The maximum Gasteiger partial charge on any atom is 0.0419 e. The number of aromatic nitrogens is 1. The minimum atomic E-state index is 1.05. The molecule has 0 aliphatic carbocycles. The lowest BCUT2D eigenvalue weighted by Crippen LogP contribution is -2.47. The van der Waals surface area contributed by atoms with Crippen molar-refractivity contribution in [2.45, 2.75) is 13.3 Å². The summed E-state index contributed by atoms with van der Waals surface area (Å²) in [7, 11) is 0. The van der Waals surface area contributed by atoms with E-state index in [-0.39, 0.29) is 0 Å². The van der Waals surface area contributed by atoms with Crippen molar-refractivity contribution in [2.75, 3.05) is 37.6 Å². The summed E-state index contributed by atoms with van der Waals surface area (Å²) in [5, 5.41) is 0. The van der Waals surface area contributed by atoms with Crippen LogP contribution in [0.25, 0.3) is 0 Å². The molecule has 0 bridgehead atoms. The third-order valence-electron chi connectivity index (χ3n) is 4.12. The maximum absolute atomic E-state index is 4.58. The van der Waals surface area contributed by atoms with Crippen LogP contribution in [-0.4, -0.2) is 42.6 Å². The highest BCUT2D eigenvalue weighted by Gasteiger charge is 2.16. The molecule has 0 unspecified atom stereocenters. The molecule has 0 amide bonds. The van der Waals surface area contributed by atoms with Gasteiger partial charge in [-0.25, -0.2) is 0 Å². The molecule has 1 aliphatic heterocycles. The van der Waals surface area contributed by atoms with Crippen molar-refractivity contribution < 1.29 is 0 Å². The Bertz CT molecular complexity index is 560. The van der Waals surface area contributed by atoms with Crippen LogP contribution in [0.15, 0.2) is 48.5 Å². The minimum Gasteiger partial charge on any atom is -0.369 e. The Morgan fingerprint density at radius 2 is 1.67 bits per heavy atom. The second-order valence-corrected chi connectivity index (χ2v) is 5.68. The van der Waals surface area contributed by atoms with E-state index in [0.29, 0.717) is 0 Å². The molecule has 3 nitrogen and oxygen atoms in total. The molecule has 1 aromatic carbocycles. The van der Waals surface area contributed by atoms with Crippen LogP contribution >= 0.6 is 0 Å². The summed E-state index contributed by atoms with van der Waals surface area (Å²) in [6, 6.07) is 17.0. The van der Waals surface area contributed by atoms with Crippen LogP contribution in [0.1, 0.15) is 11.4 Å². The van der Waals surface area contributed by atoms with Crippen molar-refractivity contribution in [3.63, 3.8) is 0 Å². The molecule has 2 heterocycles. The highest BCUT2D eigenvalue weighted by atomic mass is 15.3. The molecule has 0 radical (unpaired) electrons. The van der Waals surface area contributed by atoms with Gasteiger partial charge in [0, 0.05) is 56.2 Å². The van der Waals surface area contributed by atoms with Gasteiger partial charge in [-0.05, 0) is 31.2 Å². The molecule has 1 aromatic heterocycles. The van der Waals surface area contributed by atoms with Crippen LogP contribution in [0.5, 0.6) is 0 Å². The first-order valence-electron chi connectivity index (χ1n) is 7.76. The first kappa shape index (κ1) is 14.1. The number of piperazine rings is 1. The quantitative estimate of drug-likeness (QED) is 0.859. The fourth-order valence-electron chi connectivity index (χ4n) is 2.88. The van der Waals surface area contributed by atoms with Gasteiger partial charge >= 0.3 is 0 Å². The van der Waals surface area contributed by atoms with Gasteiger partial charge in [-0.3, -0.25) is 9.88 Å². The van der Waals surface area contributed by atoms with E-state index in [9.17, 15) is 0 Å². The number of hydrogen-bond acceptors (Lipinski definition) is 3. The standard InChI is InChI=1S/C18H23N3/c1-16-6-5-7-17(19-16)10-11-20-12-14-21(15-13-20)18-8-3-2-4-9-18/h2-9H,10-15H2,1H3. The summed E-state index contributed by atoms with van der Waals surface area (Å²) >= 11 is 0. The molecule has 1 saturated heterocycles. The fraction of sp³-hybridized carbons (Fsp3) is 0.389. The first-order chi connectivity index (χ1) is 10.3. The van der Waals surface area contributed by atoms with Crippen LogP contribution in [0.2, 0.25) is 0 Å². The second kappa shape index (κ2) is 6.72. The van der Waals surface area contributed by atoms with E-state index < -0.39 is 0 Å². The Labute approximate surface area is 127 Å². The number of anilines is 1. The summed E-state index contributed by atoms with van der Waals surface area (Å²) < 4.78 is 0. The summed E-state index contributed by atoms with van der Waals surface area (Å²) in [6.45, 7) is 7.68. The smallest absolute Gasteiger partial charge is 0.0419 e. The van der Waals surface area contributed by atoms with E-state index in [0.717, 1.165) is 44.8 Å². The molecule has 0 atom stereocenters. The van der Waals surface area contributed by atoms with Crippen molar-refractivity contribution >= 4 is 5.69 Å². The molecule has 21 heavy (non-hydrogen) atoms. The molecule has 0 spiro atoms. The third kappa shape index (κ3) is 3.82. The molecular weight excluding hydrogens is 258 g/mol. The summed E-state index contributed by atoms with van der Waals surface area (Å²) in [5.74, 6) is 0. The molecule has 3 rings (SSSR count). The van der Waals surface area contributed by atoms with Crippen molar-refractivity contribution in [1.82, 2.24) is 9.88 Å². The van der Waals surface area contributed by atoms with Crippen molar-refractivity contribution in [3.05, 3.63) is 59.9 Å². The number of hydrogen-bond donors (Lipinski definition) is 0. The van der Waals surface area contributed by atoms with Gasteiger partial charge in [-0.1, -0.05) is 24.3 Å². The monoisotopic (exact) mass is 281 g/mol. The number of rotatable bonds is 4. The van der Waals surface area contributed by atoms with Gasteiger partial charge in [0.25, 0.3) is 0 Å². The van der Waals surface area contributed by atoms with E-state index >= 15 is 0 Å². The molecule has 1 fully saturated rings. The molecule has 2 aromatic rings. The highest BCUT2D eigenvalue weighted by Crippen LogP contribution is 2.15. The molecule has 0 saturated carbocycles. The fourth-order valence-corrected chi connectivity index (χ4v) is 2.88. The zero-order valence-corrected chi connectivity index (χ0v) is 12.7. The van der Waals surface area contributed by atoms with Gasteiger partial charge in [0.1, 0.15) is 0 Å². The molecule has 0 N–H and O–H groups in total. The molecule has 1 aliphatic rings. The summed E-state index contributed by atoms with van der Waals surface area (Å²) in [5.41, 5.74) is 3.67. The SMILES string of the molecule is Cc1cccc(CCN2CCN(c3ccccc3)CC2)n1. The zero-order chi connectivity index (χ0) is 14.5. The van der Waals surface area contributed by atoms with Gasteiger partial charge in [-0.2, -0.15) is 0 Å². The van der Waals surface area contributed by atoms with E-state index in [1.807, 2.05) is 0 Å². The first-order valence-corrected chi connectivity index (χ1v) is 7.76. The van der Waals surface area contributed by atoms with E-state index in [1.165, 1.54) is 11.4 Å². The van der Waals surface area contributed by atoms with E-state index in [4.69, 9.17) is 0 Å². The Kier molecular flexibility index (Phi) is 4.51. The molecule has 110 valence electrons. The Hall–Kier alpha value is -1.87. The maximum atomic E-state index is 4.58. The zero-order valence-electron chi connectivity index (χ0n) is 12.7. The van der Waals surface area contributed by atoms with Crippen molar-refractivity contribution in [2.24, 2.45) is 0 Å². The van der Waals surface area contributed by atoms with Gasteiger partial charge < -0.3 is 4.90 Å². The Morgan fingerprint density at radius 3 is 2.38 bits per heavy atom. The summed E-state index contributed by atoms with van der Waals surface area (Å²) in [6.07, 6.45) is 1.05. The van der Waals surface area contributed by atoms with Crippen LogP contribution in [0.4, 0.5) is 5.69 Å². The van der Waals surface area contributed by atoms with Gasteiger partial charge in [-0.15, -0.1) is 0 Å². The lowest BCUT2D eigenvalue weighted by atomic mass is 10.2. The van der Waals surface area contributed by atoms with Gasteiger partial charge in [0.15, 0.2) is 0 Å². The minimum absolute atomic E-state index is 1.05. The normalized spacial score (nSPS) is 16.1. The van der Waals surface area contributed by atoms with E-state index in [1.54, 1.807) is 0 Å². The number of aryl methyl sites for hydroxylation is 1. The van der Waals surface area contributed by atoms with Crippen LogP contribution in [0, 0.1) is 6.92 Å². The number of nitrogens with zero attached hydrogens (tertiary/aromatic N) is 3. The number of para-hydroxylation sites is 1. The molecule has 3 heteroatoms. The Morgan fingerprint density at radius 1 is 0.905 bits per heavy atom. The third-order valence-corrected chi connectivity index (χ3v) is 4.12. The van der Waals surface area contributed by atoms with Gasteiger partial charge in [0.2, 0.25) is 0 Å². The average Bonchev–Trinajstić information content (AvgIpc) is 2.54. The van der Waals surface area contributed by atoms with Crippen LogP contribution in [-0.2, 0) is 6.42 Å². The lowest BCUT2D eigenvalue weighted by Gasteiger charge is -2.36. The Balaban J connectivity index is 1.48.